The van der Waals surface area contributed by atoms with Crippen LogP contribution in [-0.2, 0) is 9.59 Å². The first kappa shape index (κ1) is 32.2. The number of likely N-dealkylation sites (tertiary alicyclic amines) is 1. The summed E-state index contributed by atoms with van der Waals surface area (Å²) in [5, 5.41) is 21.2. The number of nitrogens with one attached hydrogen (secondary N) is 1. The van der Waals surface area contributed by atoms with Crippen molar-refractivity contribution in [2.24, 2.45) is 0 Å². The van der Waals surface area contributed by atoms with Gasteiger partial charge in [-0.3, -0.25) is 19.9 Å². The van der Waals surface area contributed by atoms with Crippen molar-refractivity contribution in [3.05, 3.63) is 78.0 Å². The molecule has 1 aliphatic carbocycles. The molecule has 258 valence electrons. The maximum atomic E-state index is 12.7. The number of rotatable bonds is 6. The number of hydrogen-bond acceptors (Lipinski definition) is 10. The van der Waals surface area contributed by atoms with E-state index >= 15 is 0 Å². The van der Waals surface area contributed by atoms with E-state index in [4.69, 9.17) is 15.5 Å². The Kier molecular flexibility index (Phi) is 8.82. The molecule has 2 saturated heterocycles. The van der Waals surface area contributed by atoms with Crippen molar-refractivity contribution >= 4 is 23.3 Å². The third-order valence-electron chi connectivity index (χ3n) is 11.2. The number of aromatic nitrogens is 3. The van der Waals surface area contributed by atoms with Crippen molar-refractivity contribution in [2.45, 2.75) is 75.3 Å². The van der Waals surface area contributed by atoms with E-state index in [0.717, 1.165) is 68.7 Å². The van der Waals surface area contributed by atoms with E-state index in [1.807, 2.05) is 24.4 Å². The Morgan fingerprint density at radius 1 is 0.820 bits per heavy atom. The zero-order valence-electron chi connectivity index (χ0n) is 28.1. The monoisotopic (exact) mass is 673 g/mol. The van der Waals surface area contributed by atoms with Gasteiger partial charge in [-0.25, -0.2) is 0 Å². The number of ether oxygens (including phenoxy) is 1. The summed E-state index contributed by atoms with van der Waals surface area (Å²) in [7, 11) is 0. The molecule has 4 N–H and O–H groups in total. The molecule has 1 unspecified atom stereocenters. The minimum Gasteiger partial charge on any atom is -0.507 e. The van der Waals surface area contributed by atoms with Crippen LogP contribution in [-0.4, -0.2) is 75.3 Å². The van der Waals surface area contributed by atoms with Gasteiger partial charge in [-0.2, -0.15) is 0 Å². The topological polar surface area (TPSA) is 147 Å². The van der Waals surface area contributed by atoms with Crippen molar-refractivity contribution in [3.8, 4) is 34.0 Å². The number of para-hydroxylation sites is 2. The average molecular weight is 674 g/mol. The normalized spacial score (nSPS) is 23.2. The van der Waals surface area contributed by atoms with Gasteiger partial charge in [0.2, 0.25) is 11.8 Å². The quantitative estimate of drug-likeness (QED) is 0.227. The van der Waals surface area contributed by atoms with Crippen LogP contribution in [0.5, 0.6) is 11.5 Å². The highest BCUT2D eigenvalue weighted by atomic mass is 16.5. The predicted molar refractivity (Wildman–Crippen MR) is 191 cm³/mol. The molecule has 50 heavy (non-hydrogen) atoms. The Morgan fingerprint density at radius 2 is 1.64 bits per heavy atom. The molecule has 1 atom stereocenters. The molecule has 8 rings (SSSR count). The van der Waals surface area contributed by atoms with Crippen LogP contribution in [0.1, 0.15) is 74.3 Å². The highest BCUT2D eigenvalue weighted by Crippen LogP contribution is 2.45. The number of piperidine rings is 2. The first-order valence-corrected chi connectivity index (χ1v) is 17.9. The first-order valence-electron chi connectivity index (χ1n) is 17.9. The number of aromatic hydroxyl groups is 1. The molecule has 2 aromatic heterocycles. The van der Waals surface area contributed by atoms with Crippen molar-refractivity contribution in [1.29, 1.82) is 0 Å². The van der Waals surface area contributed by atoms with Gasteiger partial charge in [0.1, 0.15) is 24.1 Å². The number of hydrogen-bond donors (Lipinski definition) is 3. The van der Waals surface area contributed by atoms with Gasteiger partial charge < -0.3 is 25.4 Å². The number of anilines is 2. The molecule has 1 saturated carbocycles. The molecule has 3 aliphatic heterocycles. The number of amides is 2. The minimum atomic E-state index is -0.333. The van der Waals surface area contributed by atoms with E-state index in [1.54, 1.807) is 18.2 Å². The minimum absolute atomic E-state index is 0.143. The smallest absolute Gasteiger partial charge is 0.249 e. The molecule has 5 heterocycles. The fourth-order valence-electron chi connectivity index (χ4n) is 8.50. The van der Waals surface area contributed by atoms with Crippen LogP contribution < -0.4 is 20.7 Å². The van der Waals surface area contributed by atoms with Gasteiger partial charge >= 0.3 is 0 Å². The van der Waals surface area contributed by atoms with Crippen molar-refractivity contribution in [3.63, 3.8) is 0 Å². The number of fused-ring (bicyclic) bond motifs is 1. The molecular weight excluding hydrogens is 630 g/mol. The van der Waals surface area contributed by atoms with Gasteiger partial charge in [0, 0.05) is 29.8 Å². The molecule has 0 radical (unpaired) electrons. The Balaban J connectivity index is 0.874. The Bertz CT molecular complexity index is 1880. The number of carbonyl (C=O) groups excluding carboxylic acids is 2. The van der Waals surface area contributed by atoms with Crippen LogP contribution in [0.3, 0.4) is 0 Å². The van der Waals surface area contributed by atoms with Crippen LogP contribution in [0.4, 0.5) is 11.5 Å². The molecule has 4 aliphatic rings. The van der Waals surface area contributed by atoms with Gasteiger partial charge in [0.15, 0.2) is 5.82 Å². The standard InChI is InChI=1S/C39H43N7O4/c40-38-30(22-32(43-44-38)29-4-1-2-7-35(29)47)31-13-10-26(23-41-31)24-16-18-45(19-17-24)27-11-8-25(9-12-27)28-5-3-6-33-37(28)50-21-20-46(33)34-14-15-36(48)42-39(34)49/h1-7,10,13,22-25,27,34,47H,8-9,11-12,14-21H2,(H2,40,44)(H,42,48,49)/t25-,27-,34?. The summed E-state index contributed by atoms with van der Waals surface area (Å²) in [6.07, 6.45) is 9.66. The van der Waals surface area contributed by atoms with Crippen molar-refractivity contribution in [2.75, 3.05) is 36.9 Å². The van der Waals surface area contributed by atoms with Crippen LogP contribution in [0.2, 0.25) is 0 Å². The summed E-state index contributed by atoms with van der Waals surface area (Å²) >= 11 is 0. The SMILES string of the molecule is Nc1nnc(-c2ccccc2O)cc1-c1ccc(C2CCN([C@H]3CC[C@H](c4cccc5c4OCCN5C4CCC(=O)NC4=O)CC3)CC2)cn1. The lowest BCUT2D eigenvalue weighted by molar-refractivity contribution is -0.134. The molecule has 11 heteroatoms. The fourth-order valence-corrected chi connectivity index (χ4v) is 8.50. The van der Waals surface area contributed by atoms with E-state index in [-0.39, 0.29) is 23.6 Å². The summed E-state index contributed by atoms with van der Waals surface area (Å²) in [6, 6.07) is 19.7. The molecule has 11 nitrogen and oxygen atoms in total. The second-order valence-corrected chi connectivity index (χ2v) is 14.0. The van der Waals surface area contributed by atoms with E-state index in [2.05, 4.69) is 49.6 Å². The van der Waals surface area contributed by atoms with Crippen LogP contribution >= 0.6 is 0 Å². The van der Waals surface area contributed by atoms with Gasteiger partial charge in [-0.15, -0.1) is 10.2 Å². The van der Waals surface area contributed by atoms with Crippen molar-refractivity contribution < 1.29 is 19.4 Å². The average Bonchev–Trinajstić information content (AvgIpc) is 3.15. The van der Waals surface area contributed by atoms with Crippen LogP contribution in [0.25, 0.3) is 22.5 Å². The summed E-state index contributed by atoms with van der Waals surface area (Å²) in [4.78, 5) is 34.1. The van der Waals surface area contributed by atoms with Crippen molar-refractivity contribution in [1.82, 2.24) is 25.4 Å². The van der Waals surface area contributed by atoms with Gasteiger partial charge in [-0.1, -0.05) is 30.3 Å². The third kappa shape index (κ3) is 6.26. The molecule has 2 aromatic carbocycles. The lowest BCUT2D eigenvalue weighted by atomic mass is 9.79. The lowest BCUT2D eigenvalue weighted by Crippen LogP contribution is -2.54. The summed E-state index contributed by atoms with van der Waals surface area (Å²) in [6.45, 7) is 3.35. The van der Waals surface area contributed by atoms with Gasteiger partial charge in [-0.05, 0) is 111 Å². The number of phenols is 1. The Hall–Kier alpha value is -5.03. The Labute approximate surface area is 291 Å². The molecule has 0 bridgehead atoms. The lowest BCUT2D eigenvalue weighted by Gasteiger charge is -2.42. The number of nitrogens with zero attached hydrogens (tertiary/aromatic N) is 5. The number of carbonyl (C=O) groups is 2. The molecule has 0 spiro atoms. The summed E-state index contributed by atoms with van der Waals surface area (Å²) < 4.78 is 6.27. The maximum Gasteiger partial charge on any atom is 0.249 e. The molecule has 3 fully saturated rings. The largest absolute Gasteiger partial charge is 0.507 e. The van der Waals surface area contributed by atoms with Crippen LogP contribution in [0, 0.1) is 0 Å². The molecule has 4 aromatic rings. The zero-order chi connectivity index (χ0) is 34.2. The molecule has 2 amide bonds. The second-order valence-electron chi connectivity index (χ2n) is 14.0. The highest BCUT2D eigenvalue weighted by molar-refractivity contribution is 6.02. The van der Waals surface area contributed by atoms with Gasteiger partial charge in [0.05, 0.1) is 23.6 Å². The maximum absolute atomic E-state index is 12.7. The van der Waals surface area contributed by atoms with Gasteiger partial charge in [0.25, 0.3) is 0 Å². The zero-order valence-corrected chi connectivity index (χ0v) is 28.1. The summed E-state index contributed by atoms with van der Waals surface area (Å²) in [5.41, 5.74) is 12.3. The third-order valence-corrected chi connectivity index (χ3v) is 11.2. The van der Waals surface area contributed by atoms with E-state index in [1.165, 1.54) is 11.1 Å². The van der Waals surface area contributed by atoms with E-state index in [9.17, 15) is 14.7 Å². The van der Waals surface area contributed by atoms with E-state index < -0.39 is 0 Å². The summed E-state index contributed by atoms with van der Waals surface area (Å²) in [5.74, 6) is 1.88. The number of pyridine rings is 1. The Morgan fingerprint density at radius 3 is 2.40 bits per heavy atom. The highest BCUT2D eigenvalue weighted by Gasteiger charge is 2.37. The number of nitrogens with two attached hydrogens (primary N) is 1. The first-order chi connectivity index (χ1) is 24.4. The predicted octanol–water partition coefficient (Wildman–Crippen LogP) is 5.40. The number of phenolic OH excluding ortho intramolecular Hbond substituents is 1. The number of nitrogen functional groups attached to an aromatic ring is 1. The molecular formula is C39H43N7O4. The number of benzene rings is 2. The fraction of sp³-hybridized carbons (Fsp3) is 0.410. The second kappa shape index (κ2) is 13.7. The van der Waals surface area contributed by atoms with Crippen LogP contribution in [0.15, 0.2) is 66.9 Å². The number of imide groups is 1. The van der Waals surface area contributed by atoms with E-state index in [0.29, 0.717) is 66.5 Å².